The van der Waals surface area contributed by atoms with Crippen LogP contribution >= 0.6 is 0 Å². The Morgan fingerprint density at radius 2 is 1.91 bits per heavy atom. The standard InChI is InChI=1S/C15H19N5O3/c21-12(18-11-6-3-1-2-4-7-11)10-20-14(19-23-15(20)22)13-16-8-5-9-17-13/h5,8-9,11H,1-4,6-7,10H2,(H,18,21). The second-order valence-electron chi connectivity index (χ2n) is 5.69. The Morgan fingerprint density at radius 3 is 2.61 bits per heavy atom. The first-order valence-corrected chi connectivity index (χ1v) is 7.87. The number of amides is 1. The molecule has 1 N–H and O–H groups in total. The summed E-state index contributed by atoms with van der Waals surface area (Å²) in [5.74, 6) is -0.505. The molecule has 23 heavy (non-hydrogen) atoms. The second kappa shape index (κ2) is 7.17. The maximum absolute atomic E-state index is 12.2. The molecule has 2 aromatic rings. The average molecular weight is 317 g/mol. The molecule has 1 aliphatic rings. The highest BCUT2D eigenvalue weighted by molar-refractivity contribution is 5.76. The fraction of sp³-hybridized carbons (Fsp3) is 0.533. The van der Waals surface area contributed by atoms with Crippen LogP contribution in [0.3, 0.4) is 0 Å². The predicted octanol–water partition coefficient (Wildman–Crippen LogP) is 1.13. The molecule has 0 unspecified atom stereocenters. The maximum Gasteiger partial charge on any atom is 0.442 e. The predicted molar refractivity (Wildman–Crippen MR) is 81.4 cm³/mol. The molecule has 8 heteroatoms. The molecule has 3 rings (SSSR count). The summed E-state index contributed by atoms with van der Waals surface area (Å²) in [5, 5.41) is 6.67. The van der Waals surface area contributed by atoms with Gasteiger partial charge in [-0.05, 0) is 18.9 Å². The van der Waals surface area contributed by atoms with Crippen LogP contribution in [0.15, 0.2) is 27.8 Å². The van der Waals surface area contributed by atoms with Gasteiger partial charge in [-0.2, -0.15) is 0 Å². The Morgan fingerprint density at radius 1 is 1.22 bits per heavy atom. The van der Waals surface area contributed by atoms with E-state index in [-0.39, 0.29) is 30.1 Å². The SMILES string of the molecule is O=C(Cn1c(-c2ncccn2)noc1=O)NC1CCCCCC1. The van der Waals surface area contributed by atoms with Crippen LogP contribution in [-0.2, 0) is 11.3 Å². The third kappa shape index (κ3) is 3.82. The van der Waals surface area contributed by atoms with E-state index < -0.39 is 5.76 Å². The van der Waals surface area contributed by atoms with E-state index in [2.05, 4.69) is 25.0 Å². The molecule has 0 radical (unpaired) electrons. The largest absolute Gasteiger partial charge is 0.442 e. The van der Waals surface area contributed by atoms with Gasteiger partial charge in [-0.1, -0.05) is 30.8 Å². The molecule has 122 valence electrons. The van der Waals surface area contributed by atoms with Crippen molar-refractivity contribution in [2.24, 2.45) is 0 Å². The molecule has 0 aromatic carbocycles. The molecule has 0 aliphatic heterocycles. The van der Waals surface area contributed by atoms with Crippen molar-refractivity contribution in [1.29, 1.82) is 0 Å². The molecule has 0 spiro atoms. The lowest BCUT2D eigenvalue weighted by Crippen LogP contribution is -2.38. The van der Waals surface area contributed by atoms with Crippen molar-refractivity contribution in [3.63, 3.8) is 0 Å². The van der Waals surface area contributed by atoms with E-state index in [0.29, 0.717) is 0 Å². The molecule has 1 aliphatic carbocycles. The summed E-state index contributed by atoms with van der Waals surface area (Å²) in [4.78, 5) is 32.1. The smallest absolute Gasteiger partial charge is 0.352 e. The lowest BCUT2D eigenvalue weighted by molar-refractivity contribution is -0.122. The topological polar surface area (TPSA) is 103 Å². The third-order valence-corrected chi connectivity index (χ3v) is 3.97. The first-order chi connectivity index (χ1) is 11.2. The molecular formula is C15H19N5O3. The summed E-state index contributed by atoms with van der Waals surface area (Å²) in [6.07, 6.45) is 9.73. The van der Waals surface area contributed by atoms with Gasteiger partial charge in [0.05, 0.1) is 0 Å². The molecule has 1 amide bonds. The van der Waals surface area contributed by atoms with Gasteiger partial charge in [0.2, 0.25) is 11.7 Å². The van der Waals surface area contributed by atoms with Gasteiger partial charge in [0, 0.05) is 18.4 Å². The minimum Gasteiger partial charge on any atom is -0.352 e. The number of carbonyl (C=O) groups is 1. The zero-order chi connectivity index (χ0) is 16.1. The van der Waals surface area contributed by atoms with Crippen molar-refractivity contribution in [2.45, 2.75) is 51.1 Å². The van der Waals surface area contributed by atoms with E-state index >= 15 is 0 Å². The molecule has 2 aromatic heterocycles. The lowest BCUT2D eigenvalue weighted by Gasteiger charge is -2.16. The Hall–Kier alpha value is -2.51. The van der Waals surface area contributed by atoms with Crippen molar-refractivity contribution in [3.8, 4) is 11.6 Å². The van der Waals surface area contributed by atoms with Crippen LogP contribution < -0.4 is 11.1 Å². The Kier molecular flexibility index (Phi) is 4.80. The summed E-state index contributed by atoms with van der Waals surface area (Å²) in [6, 6.07) is 1.84. The molecule has 1 saturated carbocycles. The molecule has 2 heterocycles. The van der Waals surface area contributed by atoms with Crippen molar-refractivity contribution < 1.29 is 9.32 Å². The number of nitrogens with zero attached hydrogens (tertiary/aromatic N) is 4. The fourth-order valence-electron chi connectivity index (χ4n) is 2.82. The normalized spacial score (nSPS) is 16.0. The zero-order valence-electron chi connectivity index (χ0n) is 12.8. The zero-order valence-corrected chi connectivity index (χ0v) is 12.8. The summed E-state index contributed by atoms with van der Waals surface area (Å²) in [5.41, 5.74) is 0. The van der Waals surface area contributed by atoms with Gasteiger partial charge >= 0.3 is 5.76 Å². The van der Waals surface area contributed by atoms with Crippen LogP contribution in [0.4, 0.5) is 0 Å². The second-order valence-corrected chi connectivity index (χ2v) is 5.69. The van der Waals surface area contributed by atoms with E-state index in [1.807, 2.05) is 0 Å². The van der Waals surface area contributed by atoms with Gasteiger partial charge in [0.1, 0.15) is 6.54 Å². The summed E-state index contributed by atoms with van der Waals surface area (Å²) in [6.45, 7) is -0.146. The lowest BCUT2D eigenvalue weighted by atomic mass is 10.1. The van der Waals surface area contributed by atoms with Crippen molar-refractivity contribution in [3.05, 3.63) is 29.0 Å². The Balaban J connectivity index is 1.71. The molecule has 0 saturated heterocycles. The number of hydrogen-bond acceptors (Lipinski definition) is 6. The summed E-state index contributed by atoms with van der Waals surface area (Å²) >= 11 is 0. The first kappa shape index (κ1) is 15.4. The number of carbonyl (C=O) groups excluding carboxylic acids is 1. The molecular weight excluding hydrogens is 298 g/mol. The van der Waals surface area contributed by atoms with Crippen LogP contribution in [-0.4, -0.2) is 31.6 Å². The molecule has 0 bridgehead atoms. The van der Waals surface area contributed by atoms with Crippen LogP contribution in [0, 0.1) is 0 Å². The van der Waals surface area contributed by atoms with Gasteiger partial charge in [0.25, 0.3) is 0 Å². The highest BCUT2D eigenvalue weighted by Crippen LogP contribution is 2.17. The van der Waals surface area contributed by atoms with E-state index in [9.17, 15) is 9.59 Å². The van der Waals surface area contributed by atoms with E-state index in [1.165, 1.54) is 25.2 Å². The van der Waals surface area contributed by atoms with E-state index in [1.54, 1.807) is 6.07 Å². The van der Waals surface area contributed by atoms with Gasteiger partial charge in [-0.25, -0.2) is 19.3 Å². The maximum atomic E-state index is 12.2. The van der Waals surface area contributed by atoms with Crippen molar-refractivity contribution in [1.82, 2.24) is 25.0 Å². The number of aromatic nitrogens is 4. The molecule has 1 fully saturated rings. The van der Waals surface area contributed by atoms with Gasteiger partial charge < -0.3 is 5.32 Å². The molecule has 8 nitrogen and oxygen atoms in total. The summed E-state index contributed by atoms with van der Waals surface area (Å²) < 4.78 is 5.81. The number of nitrogens with one attached hydrogen (secondary N) is 1. The Labute approximate surface area is 132 Å². The van der Waals surface area contributed by atoms with Crippen LogP contribution in [0.5, 0.6) is 0 Å². The minimum absolute atomic E-state index is 0.146. The van der Waals surface area contributed by atoms with Crippen LogP contribution in [0.1, 0.15) is 38.5 Å². The quantitative estimate of drug-likeness (QED) is 0.848. The van der Waals surface area contributed by atoms with Gasteiger partial charge in [-0.15, -0.1) is 0 Å². The Bertz CT molecular complexity index is 701. The monoisotopic (exact) mass is 317 g/mol. The highest BCUT2D eigenvalue weighted by Gasteiger charge is 2.20. The minimum atomic E-state index is -0.691. The third-order valence-electron chi connectivity index (χ3n) is 3.97. The van der Waals surface area contributed by atoms with E-state index in [4.69, 9.17) is 0 Å². The number of rotatable bonds is 4. The van der Waals surface area contributed by atoms with Crippen LogP contribution in [0.25, 0.3) is 11.6 Å². The van der Waals surface area contributed by atoms with Gasteiger partial charge in [0.15, 0.2) is 5.82 Å². The molecule has 0 atom stereocenters. The van der Waals surface area contributed by atoms with Gasteiger partial charge in [-0.3, -0.25) is 9.32 Å². The van der Waals surface area contributed by atoms with Crippen LogP contribution in [0.2, 0.25) is 0 Å². The summed E-state index contributed by atoms with van der Waals surface area (Å²) in [7, 11) is 0. The van der Waals surface area contributed by atoms with Crippen molar-refractivity contribution >= 4 is 5.91 Å². The highest BCUT2D eigenvalue weighted by atomic mass is 16.5. The average Bonchev–Trinajstić information content (AvgIpc) is 2.76. The van der Waals surface area contributed by atoms with E-state index in [0.717, 1.165) is 30.3 Å². The fourth-order valence-corrected chi connectivity index (χ4v) is 2.82. The van der Waals surface area contributed by atoms with Crippen molar-refractivity contribution in [2.75, 3.05) is 0 Å². The first-order valence-electron chi connectivity index (χ1n) is 7.87. The number of hydrogen-bond donors (Lipinski definition) is 1.